The second-order valence-corrected chi connectivity index (χ2v) is 5.52. The molecule has 0 unspecified atom stereocenters. The summed E-state index contributed by atoms with van der Waals surface area (Å²) < 4.78 is 33.2. The highest BCUT2D eigenvalue weighted by molar-refractivity contribution is 5.92. The van der Waals surface area contributed by atoms with Crippen LogP contribution < -0.4 is 10.1 Å². The molecule has 4 nitrogen and oxygen atoms in total. The Balaban J connectivity index is 1.82. The highest BCUT2D eigenvalue weighted by Gasteiger charge is 2.14. The topological polar surface area (TPSA) is 43.3 Å². The monoisotopic (exact) mass is 342 g/mol. The fourth-order valence-electron chi connectivity index (χ4n) is 2.54. The summed E-state index contributed by atoms with van der Waals surface area (Å²) in [4.78, 5) is 12.2. The summed E-state index contributed by atoms with van der Waals surface area (Å²) in [5.41, 5.74) is 2.03. The average Bonchev–Trinajstić information content (AvgIpc) is 2.94. The molecule has 3 aromatic rings. The highest BCUT2D eigenvalue weighted by atomic mass is 19.1. The van der Waals surface area contributed by atoms with E-state index in [1.54, 1.807) is 54.2 Å². The summed E-state index contributed by atoms with van der Waals surface area (Å²) in [5, 5.41) is 2.62. The van der Waals surface area contributed by atoms with E-state index in [1.807, 2.05) is 0 Å². The van der Waals surface area contributed by atoms with Gasteiger partial charge in [0.05, 0.1) is 5.69 Å². The number of halogens is 2. The number of para-hydroxylation sites is 1. The molecule has 128 valence electrons. The van der Waals surface area contributed by atoms with E-state index in [4.69, 9.17) is 4.74 Å². The van der Waals surface area contributed by atoms with Crippen molar-refractivity contribution in [1.29, 1.82) is 0 Å². The van der Waals surface area contributed by atoms with Gasteiger partial charge in [-0.3, -0.25) is 5.32 Å². The number of benzene rings is 2. The first-order valence-corrected chi connectivity index (χ1v) is 7.61. The Morgan fingerprint density at radius 2 is 1.96 bits per heavy atom. The van der Waals surface area contributed by atoms with Crippen molar-refractivity contribution in [1.82, 2.24) is 4.57 Å². The summed E-state index contributed by atoms with van der Waals surface area (Å²) in [6, 6.07) is 13.0. The van der Waals surface area contributed by atoms with Crippen molar-refractivity contribution >= 4 is 11.8 Å². The quantitative estimate of drug-likeness (QED) is 0.732. The number of aromatic nitrogens is 1. The Hall–Kier alpha value is -3.15. The number of nitrogens with one attached hydrogen (secondary N) is 1. The predicted molar refractivity (Wildman–Crippen MR) is 91.7 cm³/mol. The number of rotatable bonds is 4. The lowest BCUT2D eigenvalue weighted by atomic mass is 10.0. The SMILES string of the molecule is Cn1cc(CF)c(OC(=O)Nc2ccccc2-c2cccc(F)c2)c1. The van der Waals surface area contributed by atoms with E-state index in [-0.39, 0.29) is 17.1 Å². The largest absolute Gasteiger partial charge is 0.417 e. The van der Waals surface area contributed by atoms with Crippen molar-refractivity contribution in [3.63, 3.8) is 0 Å². The number of aryl methyl sites for hydroxylation is 1. The maximum absolute atomic E-state index is 13.5. The number of ether oxygens (including phenoxy) is 1. The fraction of sp³-hybridized carbons (Fsp3) is 0.105. The van der Waals surface area contributed by atoms with E-state index in [0.717, 1.165) is 0 Å². The number of hydrogen-bond donors (Lipinski definition) is 1. The number of anilines is 1. The van der Waals surface area contributed by atoms with Gasteiger partial charge in [-0.05, 0) is 23.8 Å². The van der Waals surface area contributed by atoms with Crippen LogP contribution in [0.1, 0.15) is 5.56 Å². The zero-order valence-electron chi connectivity index (χ0n) is 13.5. The lowest BCUT2D eigenvalue weighted by Crippen LogP contribution is -2.17. The number of nitrogens with zero attached hydrogens (tertiary/aromatic N) is 1. The molecule has 0 aliphatic carbocycles. The van der Waals surface area contributed by atoms with Crippen LogP contribution in [0.15, 0.2) is 60.9 Å². The molecular formula is C19H16F2N2O2. The molecule has 1 N–H and O–H groups in total. The maximum atomic E-state index is 13.5. The molecule has 0 atom stereocenters. The minimum atomic E-state index is -0.746. The van der Waals surface area contributed by atoms with Gasteiger partial charge in [-0.2, -0.15) is 0 Å². The van der Waals surface area contributed by atoms with Gasteiger partial charge in [0.1, 0.15) is 12.5 Å². The van der Waals surface area contributed by atoms with Crippen LogP contribution in [0.2, 0.25) is 0 Å². The summed E-state index contributed by atoms with van der Waals surface area (Å²) >= 11 is 0. The van der Waals surface area contributed by atoms with Crippen LogP contribution in [-0.2, 0) is 13.7 Å². The molecule has 6 heteroatoms. The van der Waals surface area contributed by atoms with Crippen molar-refractivity contribution in [2.24, 2.45) is 7.05 Å². The second kappa shape index (κ2) is 7.17. The third-order valence-corrected chi connectivity index (χ3v) is 3.64. The Bertz CT molecular complexity index is 906. The van der Waals surface area contributed by atoms with Crippen molar-refractivity contribution in [2.45, 2.75) is 6.67 Å². The molecule has 0 aliphatic heterocycles. The first-order valence-electron chi connectivity index (χ1n) is 7.61. The molecule has 0 spiro atoms. The number of hydrogen-bond acceptors (Lipinski definition) is 2. The lowest BCUT2D eigenvalue weighted by Gasteiger charge is -2.11. The third kappa shape index (κ3) is 3.85. The first kappa shape index (κ1) is 16.7. The summed E-state index contributed by atoms with van der Waals surface area (Å²) in [6.07, 6.45) is 2.32. The normalized spacial score (nSPS) is 10.5. The van der Waals surface area contributed by atoms with E-state index < -0.39 is 12.8 Å². The van der Waals surface area contributed by atoms with Gasteiger partial charge in [-0.25, -0.2) is 13.6 Å². The van der Waals surface area contributed by atoms with Crippen molar-refractivity contribution in [2.75, 3.05) is 5.32 Å². The van der Waals surface area contributed by atoms with Crippen LogP contribution in [-0.4, -0.2) is 10.7 Å². The van der Waals surface area contributed by atoms with Crippen LogP contribution in [0.5, 0.6) is 5.75 Å². The molecule has 0 aliphatic rings. The van der Waals surface area contributed by atoms with Crippen LogP contribution in [0, 0.1) is 5.82 Å². The number of alkyl halides is 1. The van der Waals surface area contributed by atoms with Gasteiger partial charge in [0.15, 0.2) is 5.75 Å². The maximum Gasteiger partial charge on any atom is 0.417 e. The predicted octanol–water partition coefficient (Wildman–Crippen LogP) is 4.91. The zero-order valence-corrected chi connectivity index (χ0v) is 13.5. The number of carbonyl (C=O) groups excluding carboxylic acids is 1. The van der Waals surface area contributed by atoms with Gasteiger partial charge in [-0.15, -0.1) is 0 Å². The lowest BCUT2D eigenvalue weighted by molar-refractivity contribution is 0.214. The van der Waals surface area contributed by atoms with Crippen LogP contribution >= 0.6 is 0 Å². The van der Waals surface area contributed by atoms with E-state index in [9.17, 15) is 13.6 Å². The van der Waals surface area contributed by atoms with E-state index >= 15 is 0 Å². The molecule has 0 saturated heterocycles. The molecule has 0 saturated carbocycles. The molecule has 2 aromatic carbocycles. The van der Waals surface area contributed by atoms with Crippen LogP contribution in [0.3, 0.4) is 0 Å². The summed E-state index contributed by atoms with van der Waals surface area (Å²) in [7, 11) is 1.71. The van der Waals surface area contributed by atoms with Crippen molar-refractivity contribution in [3.05, 3.63) is 72.3 Å². The minimum absolute atomic E-state index is 0.158. The first-order chi connectivity index (χ1) is 12.1. The standard InChI is InChI=1S/C19H16F2N2O2/c1-23-11-14(10-20)18(12-23)25-19(24)22-17-8-3-2-7-16(17)13-5-4-6-15(21)9-13/h2-9,11-12H,10H2,1H3,(H,22,24). The van der Waals surface area contributed by atoms with E-state index in [2.05, 4.69) is 5.32 Å². The molecule has 0 fully saturated rings. The molecular weight excluding hydrogens is 326 g/mol. The van der Waals surface area contributed by atoms with E-state index in [0.29, 0.717) is 16.8 Å². The average molecular weight is 342 g/mol. The van der Waals surface area contributed by atoms with Gasteiger partial charge in [0.25, 0.3) is 0 Å². The summed E-state index contributed by atoms with van der Waals surface area (Å²) in [6.45, 7) is -0.733. The molecule has 1 aromatic heterocycles. The molecule has 0 radical (unpaired) electrons. The van der Waals surface area contributed by atoms with Crippen molar-refractivity contribution in [3.8, 4) is 16.9 Å². The second-order valence-electron chi connectivity index (χ2n) is 5.52. The summed E-state index contributed by atoms with van der Waals surface area (Å²) in [5.74, 6) is -0.211. The molecule has 25 heavy (non-hydrogen) atoms. The molecule has 1 amide bonds. The Labute approximate surface area is 143 Å². The van der Waals surface area contributed by atoms with Gasteiger partial charge < -0.3 is 9.30 Å². The van der Waals surface area contributed by atoms with Crippen LogP contribution in [0.25, 0.3) is 11.1 Å². The van der Waals surface area contributed by atoms with Crippen LogP contribution in [0.4, 0.5) is 19.3 Å². The Morgan fingerprint density at radius 1 is 1.16 bits per heavy atom. The third-order valence-electron chi connectivity index (χ3n) is 3.64. The zero-order chi connectivity index (χ0) is 17.8. The Kier molecular flexibility index (Phi) is 4.79. The van der Waals surface area contributed by atoms with Gasteiger partial charge in [0, 0.05) is 30.6 Å². The minimum Gasteiger partial charge on any atom is -0.408 e. The highest BCUT2D eigenvalue weighted by Crippen LogP contribution is 2.29. The van der Waals surface area contributed by atoms with Gasteiger partial charge >= 0.3 is 6.09 Å². The van der Waals surface area contributed by atoms with E-state index in [1.165, 1.54) is 18.3 Å². The molecule has 1 heterocycles. The molecule has 0 bridgehead atoms. The fourth-order valence-corrected chi connectivity index (χ4v) is 2.54. The number of amides is 1. The number of carbonyl (C=O) groups is 1. The van der Waals surface area contributed by atoms with Crippen molar-refractivity contribution < 1.29 is 18.3 Å². The molecule has 3 rings (SSSR count). The van der Waals surface area contributed by atoms with Gasteiger partial charge in [0.2, 0.25) is 0 Å². The smallest absolute Gasteiger partial charge is 0.408 e. The Morgan fingerprint density at radius 3 is 2.72 bits per heavy atom. The van der Waals surface area contributed by atoms with Gasteiger partial charge in [-0.1, -0.05) is 30.3 Å².